The minimum Gasteiger partial charge on any atom is -0.490 e. The number of anilines is 1. The lowest BCUT2D eigenvalue weighted by Crippen LogP contribution is -2.26. The molecule has 1 heterocycles. The molecule has 2 aliphatic carbocycles. The van der Waals surface area contributed by atoms with Crippen molar-refractivity contribution in [1.29, 1.82) is 0 Å². The van der Waals surface area contributed by atoms with E-state index in [1.54, 1.807) is 0 Å². The van der Waals surface area contributed by atoms with Crippen molar-refractivity contribution in [3.05, 3.63) is 47.5 Å². The number of rotatable bonds is 9. The van der Waals surface area contributed by atoms with E-state index >= 15 is 0 Å². The fraction of sp³-hybridized carbons (Fsp3) is 0.500. The second-order valence-electron chi connectivity index (χ2n) is 9.04. The molecular formula is C26H31NO5. The number of carbonyl (C=O) groups is 1. The van der Waals surface area contributed by atoms with Crippen LogP contribution in [-0.2, 0) is 25.7 Å². The highest BCUT2D eigenvalue weighted by Crippen LogP contribution is 2.37. The normalized spacial score (nSPS) is 18.9. The van der Waals surface area contributed by atoms with Gasteiger partial charge in [-0.3, -0.25) is 0 Å². The van der Waals surface area contributed by atoms with Gasteiger partial charge < -0.3 is 19.0 Å². The van der Waals surface area contributed by atoms with Crippen LogP contribution in [-0.4, -0.2) is 31.4 Å². The fourth-order valence-electron chi connectivity index (χ4n) is 4.01. The summed E-state index contributed by atoms with van der Waals surface area (Å²) in [5.74, 6) is 0.616. The third kappa shape index (κ3) is 5.25. The molecule has 1 saturated heterocycles. The molecule has 0 atom stereocenters. The molecule has 3 aliphatic rings. The van der Waals surface area contributed by atoms with E-state index in [9.17, 15) is 4.79 Å². The summed E-state index contributed by atoms with van der Waals surface area (Å²) in [6, 6.07) is 12.3. The van der Waals surface area contributed by atoms with Gasteiger partial charge in [0.15, 0.2) is 0 Å². The van der Waals surface area contributed by atoms with Crippen LogP contribution in [0.1, 0.15) is 49.7 Å². The molecular weight excluding hydrogens is 406 g/mol. The molecule has 0 bridgehead atoms. The Bertz CT molecular complexity index is 961. The monoisotopic (exact) mass is 437 g/mol. The van der Waals surface area contributed by atoms with Crippen LogP contribution in [0.25, 0.3) is 11.1 Å². The highest BCUT2D eigenvalue weighted by atomic mass is 16.7. The van der Waals surface area contributed by atoms with Gasteiger partial charge in [0.2, 0.25) is 0 Å². The summed E-state index contributed by atoms with van der Waals surface area (Å²) in [4.78, 5) is 17.8. The van der Waals surface area contributed by atoms with Gasteiger partial charge in [-0.25, -0.2) is 10.3 Å². The molecule has 0 radical (unpaired) electrons. The summed E-state index contributed by atoms with van der Waals surface area (Å²) in [7, 11) is 0. The van der Waals surface area contributed by atoms with E-state index in [1.165, 1.54) is 0 Å². The van der Waals surface area contributed by atoms with E-state index in [2.05, 4.69) is 24.5 Å². The Kier molecular flexibility index (Phi) is 6.32. The molecule has 0 amide bonds. The Morgan fingerprint density at radius 2 is 1.78 bits per heavy atom. The van der Waals surface area contributed by atoms with Crippen molar-refractivity contribution in [3.63, 3.8) is 0 Å². The van der Waals surface area contributed by atoms with Crippen LogP contribution in [0.3, 0.4) is 0 Å². The lowest BCUT2D eigenvalue weighted by Gasteiger charge is -2.21. The second-order valence-corrected chi connectivity index (χ2v) is 9.04. The largest absolute Gasteiger partial charge is 0.490 e. The van der Waals surface area contributed by atoms with Gasteiger partial charge in [-0.05, 0) is 85.9 Å². The average Bonchev–Trinajstić information content (AvgIpc) is 3.74. The standard InChI is InChI=1S/C26H31NO5/c1-17-23(3-2-4-25(17)31-22-8-9-22)24-10-5-20(15-19(24)16-30-21-6-7-21)27-32-26(28)18-11-13-29-14-12-18/h2-5,10,15,18,21-22,27H,6-9,11-14,16H2,1H3. The summed E-state index contributed by atoms with van der Waals surface area (Å²) in [5.41, 5.74) is 8.06. The smallest absolute Gasteiger partial charge is 0.335 e. The molecule has 2 aromatic rings. The Morgan fingerprint density at radius 1 is 1.00 bits per heavy atom. The topological polar surface area (TPSA) is 66.0 Å². The molecule has 2 saturated carbocycles. The predicted octanol–water partition coefficient (Wildman–Crippen LogP) is 5.18. The van der Waals surface area contributed by atoms with Crippen molar-refractivity contribution in [2.24, 2.45) is 5.92 Å². The zero-order valence-electron chi connectivity index (χ0n) is 18.6. The predicted molar refractivity (Wildman–Crippen MR) is 121 cm³/mol. The molecule has 2 aromatic carbocycles. The molecule has 32 heavy (non-hydrogen) atoms. The van der Waals surface area contributed by atoms with Crippen LogP contribution in [0.4, 0.5) is 5.69 Å². The summed E-state index contributed by atoms with van der Waals surface area (Å²) < 4.78 is 17.5. The molecule has 0 aromatic heterocycles. The maximum absolute atomic E-state index is 12.4. The molecule has 0 spiro atoms. The second kappa shape index (κ2) is 9.51. The lowest BCUT2D eigenvalue weighted by atomic mass is 9.95. The van der Waals surface area contributed by atoms with Crippen LogP contribution in [0.2, 0.25) is 0 Å². The van der Waals surface area contributed by atoms with E-state index in [1.807, 2.05) is 24.3 Å². The van der Waals surface area contributed by atoms with Gasteiger partial charge in [-0.1, -0.05) is 18.2 Å². The SMILES string of the molecule is Cc1c(OC2CC2)cccc1-c1ccc(NOC(=O)C2CCOCC2)cc1COC1CC1. The number of hydrogen-bond donors (Lipinski definition) is 1. The molecule has 5 rings (SSSR count). The first-order valence-corrected chi connectivity index (χ1v) is 11.7. The van der Waals surface area contributed by atoms with Gasteiger partial charge in [0, 0.05) is 13.2 Å². The van der Waals surface area contributed by atoms with Crippen molar-refractivity contribution in [1.82, 2.24) is 0 Å². The van der Waals surface area contributed by atoms with E-state index in [4.69, 9.17) is 19.0 Å². The summed E-state index contributed by atoms with van der Waals surface area (Å²) in [5, 5.41) is 0. The molecule has 170 valence electrons. The Hall–Kier alpha value is -2.57. The van der Waals surface area contributed by atoms with Crippen molar-refractivity contribution in [3.8, 4) is 16.9 Å². The van der Waals surface area contributed by atoms with E-state index < -0.39 is 0 Å². The van der Waals surface area contributed by atoms with E-state index in [0.717, 1.165) is 59.4 Å². The maximum atomic E-state index is 12.4. The van der Waals surface area contributed by atoms with Crippen LogP contribution in [0.5, 0.6) is 5.75 Å². The van der Waals surface area contributed by atoms with Crippen molar-refractivity contribution < 1.29 is 23.8 Å². The minimum atomic E-state index is -0.228. The van der Waals surface area contributed by atoms with Gasteiger partial charge in [-0.15, -0.1) is 0 Å². The van der Waals surface area contributed by atoms with Crippen molar-refractivity contribution in [2.45, 2.75) is 64.3 Å². The molecule has 1 aliphatic heterocycles. The summed E-state index contributed by atoms with van der Waals surface area (Å²) in [6.45, 7) is 3.86. The Morgan fingerprint density at radius 3 is 2.53 bits per heavy atom. The van der Waals surface area contributed by atoms with Crippen LogP contribution in [0, 0.1) is 12.8 Å². The quantitative estimate of drug-likeness (QED) is 0.546. The third-order valence-corrected chi connectivity index (χ3v) is 6.32. The zero-order chi connectivity index (χ0) is 21.9. The Labute approximate surface area is 189 Å². The third-order valence-electron chi connectivity index (χ3n) is 6.32. The molecule has 1 N–H and O–H groups in total. The first-order chi connectivity index (χ1) is 15.7. The summed E-state index contributed by atoms with van der Waals surface area (Å²) in [6.07, 6.45) is 6.65. The fourth-order valence-corrected chi connectivity index (χ4v) is 4.01. The van der Waals surface area contributed by atoms with Crippen molar-refractivity contribution >= 4 is 11.7 Å². The first-order valence-electron chi connectivity index (χ1n) is 11.7. The van der Waals surface area contributed by atoms with Crippen LogP contribution >= 0.6 is 0 Å². The number of benzene rings is 2. The number of carbonyl (C=O) groups excluding carboxylic acids is 1. The molecule has 6 heteroatoms. The van der Waals surface area contributed by atoms with Gasteiger partial charge in [-0.2, -0.15) is 0 Å². The minimum absolute atomic E-state index is 0.106. The highest BCUT2D eigenvalue weighted by molar-refractivity contribution is 5.76. The van der Waals surface area contributed by atoms with Gasteiger partial charge in [0.1, 0.15) is 5.75 Å². The maximum Gasteiger partial charge on any atom is 0.335 e. The van der Waals surface area contributed by atoms with Gasteiger partial charge in [0.25, 0.3) is 0 Å². The number of ether oxygens (including phenoxy) is 3. The number of hydrogen-bond acceptors (Lipinski definition) is 6. The molecule has 0 unspecified atom stereocenters. The Balaban J connectivity index is 1.34. The van der Waals surface area contributed by atoms with E-state index in [-0.39, 0.29) is 11.9 Å². The zero-order valence-corrected chi connectivity index (χ0v) is 18.6. The highest BCUT2D eigenvalue weighted by Gasteiger charge is 2.26. The van der Waals surface area contributed by atoms with Crippen LogP contribution < -0.4 is 10.2 Å². The average molecular weight is 438 g/mol. The van der Waals surface area contributed by atoms with Crippen LogP contribution in [0.15, 0.2) is 36.4 Å². The van der Waals surface area contributed by atoms with Gasteiger partial charge in [0.05, 0.1) is 30.4 Å². The summed E-state index contributed by atoms with van der Waals surface area (Å²) >= 11 is 0. The van der Waals surface area contributed by atoms with Gasteiger partial charge >= 0.3 is 5.97 Å². The van der Waals surface area contributed by atoms with E-state index in [0.29, 0.717) is 44.9 Å². The van der Waals surface area contributed by atoms with Crippen molar-refractivity contribution in [2.75, 3.05) is 18.7 Å². The first kappa shape index (κ1) is 21.3. The lowest BCUT2D eigenvalue weighted by molar-refractivity contribution is -0.148. The molecule has 6 nitrogen and oxygen atoms in total. The number of nitrogens with one attached hydrogen (secondary N) is 1. The molecule has 3 fully saturated rings.